The van der Waals surface area contributed by atoms with E-state index in [9.17, 15) is 0 Å². The molecule has 1 rings (SSSR count). The average Bonchev–Trinajstić information content (AvgIpc) is 2.84. The van der Waals surface area contributed by atoms with Crippen LogP contribution in [-0.2, 0) is 13.0 Å². The Labute approximate surface area is 132 Å². The summed E-state index contributed by atoms with van der Waals surface area (Å²) in [4.78, 5) is 4.19. The predicted molar refractivity (Wildman–Crippen MR) is 89.1 cm³/mol. The predicted octanol–water partition coefficient (Wildman–Crippen LogP) is 1.42. The summed E-state index contributed by atoms with van der Waals surface area (Å²) in [5.74, 6) is 1.86. The van der Waals surface area contributed by atoms with Crippen LogP contribution >= 0.6 is 24.0 Å². The van der Waals surface area contributed by atoms with E-state index in [1.54, 1.807) is 13.4 Å². The van der Waals surface area contributed by atoms with Crippen LogP contribution in [0.15, 0.2) is 11.3 Å². The zero-order chi connectivity index (χ0) is 13.4. The van der Waals surface area contributed by atoms with E-state index in [0.717, 1.165) is 37.7 Å². The van der Waals surface area contributed by atoms with Crippen molar-refractivity contribution < 1.29 is 0 Å². The van der Waals surface area contributed by atoms with Gasteiger partial charge in [0.1, 0.15) is 12.2 Å². The molecule has 1 aromatic rings. The molecule has 0 spiro atoms. The lowest BCUT2D eigenvalue weighted by Crippen LogP contribution is -2.43. The maximum atomic E-state index is 4.19. The second kappa shape index (κ2) is 9.99. The SMILES string of the molecule is CCc1nncn1CCNC(=NC)NC(C)CC.I. The van der Waals surface area contributed by atoms with Crippen LogP contribution in [0.3, 0.4) is 0 Å². The molecule has 7 heteroatoms. The van der Waals surface area contributed by atoms with Crippen LogP contribution in [0.5, 0.6) is 0 Å². The van der Waals surface area contributed by atoms with Crippen molar-refractivity contribution in [2.75, 3.05) is 13.6 Å². The first kappa shape index (κ1) is 18.1. The van der Waals surface area contributed by atoms with Gasteiger partial charge in [-0.15, -0.1) is 34.2 Å². The van der Waals surface area contributed by atoms with E-state index >= 15 is 0 Å². The van der Waals surface area contributed by atoms with Gasteiger partial charge in [0.15, 0.2) is 5.96 Å². The van der Waals surface area contributed by atoms with E-state index in [0.29, 0.717) is 6.04 Å². The fourth-order valence-corrected chi connectivity index (χ4v) is 1.56. The van der Waals surface area contributed by atoms with Crippen LogP contribution in [0, 0.1) is 0 Å². The summed E-state index contributed by atoms with van der Waals surface area (Å²) in [6.07, 6.45) is 3.75. The number of guanidine groups is 1. The van der Waals surface area contributed by atoms with Crippen LogP contribution in [0.2, 0.25) is 0 Å². The van der Waals surface area contributed by atoms with Gasteiger partial charge in [-0.25, -0.2) is 0 Å². The Hall–Kier alpha value is -0.860. The molecule has 1 unspecified atom stereocenters. The second-order valence-electron chi connectivity index (χ2n) is 4.25. The summed E-state index contributed by atoms with van der Waals surface area (Å²) in [6.45, 7) is 8.02. The molecule has 0 saturated carbocycles. The first-order valence-corrected chi connectivity index (χ1v) is 6.55. The van der Waals surface area contributed by atoms with Gasteiger partial charge in [-0.1, -0.05) is 13.8 Å². The summed E-state index contributed by atoms with van der Waals surface area (Å²) in [7, 11) is 1.79. The Balaban J connectivity index is 0.00000324. The topological polar surface area (TPSA) is 67.1 Å². The standard InChI is InChI=1S/C12H24N6.HI/c1-5-10(3)16-12(13-4)14-7-8-18-9-15-17-11(18)6-2;/h9-10H,5-8H2,1-4H3,(H2,13,14,16);1H. The van der Waals surface area contributed by atoms with Crippen molar-refractivity contribution in [3.8, 4) is 0 Å². The first-order chi connectivity index (χ1) is 8.71. The molecule has 1 atom stereocenters. The lowest BCUT2D eigenvalue weighted by atomic mass is 10.3. The van der Waals surface area contributed by atoms with Gasteiger partial charge in [-0.3, -0.25) is 4.99 Å². The monoisotopic (exact) mass is 380 g/mol. The summed E-state index contributed by atoms with van der Waals surface area (Å²) in [5, 5.41) is 14.6. The number of hydrogen-bond donors (Lipinski definition) is 2. The van der Waals surface area contributed by atoms with Crippen LogP contribution < -0.4 is 10.6 Å². The quantitative estimate of drug-likeness (QED) is 0.445. The van der Waals surface area contributed by atoms with E-state index < -0.39 is 0 Å². The molecule has 0 aromatic carbocycles. The van der Waals surface area contributed by atoms with Crippen LogP contribution in [0.4, 0.5) is 0 Å². The van der Waals surface area contributed by atoms with Crippen molar-refractivity contribution in [2.24, 2.45) is 4.99 Å². The number of halogens is 1. The third kappa shape index (κ3) is 6.22. The van der Waals surface area contributed by atoms with Gasteiger partial charge >= 0.3 is 0 Å². The highest BCUT2D eigenvalue weighted by atomic mass is 127. The van der Waals surface area contributed by atoms with Crippen molar-refractivity contribution in [1.29, 1.82) is 0 Å². The largest absolute Gasteiger partial charge is 0.355 e. The van der Waals surface area contributed by atoms with Gasteiger partial charge in [-0.05, 0) is 13.3 Å². The summed E-state index contributed by atoms with van der Waals surface area (Å²) < 4.78 is 2.06. The summed E-state index contributed by atoms with van der Waals surface area (Å²) in [5.41, 5.74) is 0. The Morgan fingerprint density at radius 3 is 2.79 bits per heavy atom. The van der Waals surface area contributed by atoms with Gasteiger partial charge in [-0.2, -0.15) is 0 Å². The highest BCUT2D eigenvalue weighted by molar-refractivity contribution is 14.0. The molecule has 6 nitrogen and oxygen atoms in total. The zero-order valence-corrected chi connectivity index (χ0v) is 14.5. The number of rotatable bonds is 6. The highest BCUT2D eigenvalue weighted by Gasteiger charge is 2.04. The van der Waals surface area contributed by atoms with Gasteiger partial charge in [0.05, 0.1) is 0 Å². The lowest BCUT2D eigenvalue weighted by molar-refractivity contribution is 0.601. The minimum Gasteiger partial charge on any atom is -0.355 e. The molecular weight excluding hydrogens is 355 g/mol. The van der Waals surface area contributed by atoms with E-state index in [4.69, 9.17) is 0 Å². The summed E-state index contributed by atoms with van der Waals surface area (Å²) in [6, 6.07) is 0.428. The van der Waals surface area contributed by atoms with Gasteiger partial charge in [0, 0.05) is 32.6 Å². The molecule has 110 valence electrons. The number of aromatic nitrogens is 3. The summed E-state index contributed by atoms with van der Waals surface area (Å²) >= 11 is 0. The number of aryl methyl sites for hydroxylation is 1. The minimum absolute atomic E-state index is 0. The Morgan fingerprint density at radius 2 is 2.21 bits per heavy atom. The van der Waals surface area contributed by atoms with Crippen LogP contribution in [-0.4, -0.2) is 40.4 Å². The fourth-order valence-electron chi connectivity index (χ4n) is 1.56. The van der Waals surface area contributed by atoms with Gasteiger partial charge < -0.3 is 15.2 Å². The minimum atomic E-state index is 0. The van der Waals surface area contributed by atoms with Crippen molar-refractivity contribution in [3.63, 3.8) is 0 Å². The normalized spacial score (nSPS) is 12.7. The van der Waals surface area contributed by atoms with E-state index in [1.807, 2.05) is 0 Å². The molecule has 0 aliphatic rings. The third-order valence-electron chi connectivity index (χ3n) is 2.88. The molecule has 0 saturated heterocycles. The Bertz CT molecular complexity index is 376. The molecular formula is C12H25IN6. The molecule has 2 N–H and O–H groups in total. The molecule has 0 aliphatic heterocycles. The van der Waals surface area contributed by atoms with Crippen molar-refractivity contribution in [1.82, 2.24) is 25.4 Å². The average molecular weight is 380 g/mol. The molecule has 1 aromatic heterocycles. The van der Waals surface area contributed by atoms with Gasteiger partial charge in [0.25, 0.3) is 0 Å². The maximum Gasteiger partial charge on any atom is 0.191 e. The lowest BCUT2D eigenvalue weighted by Gasteiger charge is -2.16. The molecule has 0 radical (unpaired) electrons. The molecule has 0 fully saturated rings. The third-order valence-corrected chi connectivity index (χ3v) is 2.88. The van der Waals surface area contributed by atoms with E-state index in [1.165, 1.54) is 0 Å². The van der Waals surface area contributed by atoms with E-state index in [2.05, 4.69) is 51.2 Å². The van der Waals surface area contributed by atoms with Crippen molar-refractivity contribution >= 4 is 29.9 Å². The highest BCUT2D eigenvalue weighted by Crippen LogP contribution is 1.94. The van der Waals surface area contributed by atoms with Crippen LogP contribution in [0.25, 0.3) is 0 Å². The van der Waals surface area contributed by atoms with Gasteiger partial charge in [0.2, 0.25) is 0 Å². The Kier molecular flexibility index (Phi) is 9.54. The van der Waals surface area contributed by atoms with Crippen molar-refractivity contribution in [2.45, 2.75) is 46.2 Å². The number of aliphatic imine (C=N–C) groups is 1. The molecule has 0 amide bonds. The Morgan fingerprint density at radius 1 is 1.47 bits per heavy atom. The number of hydrogen-bond acceptors (Lipinski definition) is 3. The maximum absolute atomic E-state index is 4.19. The number of nitrogens with zero attached hydrogens (tertiary/aromatic N) is 4. The molecule has 0 bridgehead atoms. The number of nitrogens with one attached hydrogen (secondary N) is 2. The second-order valence-corrected chi connectivity index (χ2v) is 4.25. The van der Waals surface area contributed by atoms with Crippen molar-refractivity contribution in [3.05, 3.63) is 12.2 Å². The molecule has 19 heavy (non-hydrogen) atoms. The van der Waals surface area contributed by atoms with E-state index in [-0.39, 0.29) is 24.0 Å². The van der Waals surface area contributed by atoms with Crippen LogP contribution in [0.1, 0.15) is 33.0 Å². The first-order valence-electron chi connectivity index (χ1n) is 6.55. The fraction of sp³-hybridized carbons (Fsp3) is 0.750. The smallest absolute Gasteiger partial charge is 0.191 e. The zero-order valence-electron chi connectivity index (χ0n) is 12.2. The molecule has 0 aliphatic carbocycles. The molecule has 1 heterocycles.